The number of hydrogen-bond donors (Lipinski definition) is 1. The zero-order valence-electron chi connectivity index (χ0n) is 23.0. The van der Waals surface area contributed by atoms with Gasteiger partial charge in [-0.05, 0) is 65.2 Å². The molecule has 0 aliphatic carbocycles. The van der Waals surface area contributed by atoms with Crippen LogP contribution in [0.15, 0.2) is 83.5 Å². The lowest BCUT2D eigenvalue weighted by molar-refractivity contribution is -0.139. The summed E-state index contributed by atoms with van der Waals surface area (Å²) in [6.45, 7) is 3.33. The molecule has 0 saturated carbocycles. The van der Waals surface area contributed by atoms with Crippen LogP contribution in [0.5, 0.6) is 11.5 Å². The molecule has 2 heterocycles. The Balaban J connectivity index is 1.37. The average molecular weight is 592 g/mol. The Labute approximate surface area is 246 Å². The zero-order chi connectivity index (χ0) is 30.2. The van der Waals surface area contributed by atoms with Crippen molar-refractivity contribution in [3.05, 3.63) is 101 Å². The fraction of sp³-hybridized carbons (Fsp3) is 0.242. The van der Waals surface area contributed by atoms with Crippen LogP contribution < -0.4 is 9.47 Å². The number of ether oxygens (including phenoxy) is 3. The van der Waals surface area contributed by atoms with Crippen molar-refractivity contribution in [1.82, 2.24) is 4.90 Å². The highest BCUT2D eigenvalue weighted by molar-refractivity contribution is 5.89. The van der Waals surface area contributed by atoms with Gasteiger partial charge < -0.3 is 23.7 Å². The summed E-state index contributed by atoms with van der Waals surface area (Å²) in [5.74, 6) is 5.99. The van der Waals surface area contributed by atoms with Gasteiger partial charge in [0.1, 0.15) is 12.4 Å². The highest BCUT2D eigenvalue weighted by Crippen LogP contribution is 2.35. The number of furan rings is 1. The molecule has 1 saturated heterocycles. The summed E-state index contributed by atoms with van der Waals surface area (Å²) in [6, 6.07) is 17.3. The van der Waals surface area contributed by atoms with Gasteiger partial charge >= 0.3 is 12.1 Å². The van der Waals surface area contributed by atoms with Crippen LogP contribution in [0.4, 0.5) is 13.2 Å². The van der Waals surface area contributed by atoms with E-state index in [-0.39, 0.29) is 6.61 Å². The van der Waals surface area contributed by atoms with Gasteiger partial charge in [0.2, 0.25) is 0 Å². The largest absolute Gasteiger partial charge is 0.486 e. The lowest BCUT2D eigenvalue weighted by Gasteiger charge is -2.24. The molecule has 5 rings (SSSR count). The van der Waals surface area contributed by atoms with E-state index in [1.807, 2.05) is 24.3 Å². The minimum atomic E-state index is -4.44. The van der Waals surface area contributed by atoms with E-state index in [9.17, 15) is 18.0 Å². The Morgan fingerprint density at radius 2 is 1.60 bits per heavy atom. The first-order valence-corrected chi connectivity index (χ1v) is 13.5. The van der Waals surface area contributed by atoms with Crippen LogP contribution >= 0.6 is 0 Å². The Bertz CT molecular complexity index is 1640. The molecule has 0 radical (unpaired) electrons. The zero-order valence-corrected chi connectivity index (χ0v) is 23.0. The minimum absolute atomic E-state index is 0.0720. The molecule has 3 aromatic carbocycles. The first-order chi connectivity index (χ1) is 20.8. The third kappa shape index (κ3) is 7.77. The van der Waals surface area contributed by atoms with Crippen molar-refractivity contribution in [2.24, 2.45) is 0 Å². The fourth-order valence-corrected chi connectivity index (χ4v) is 4.59. The monoisotopic (exact) mass is 591 g/mol. The standard InChI is InChI=1S/C33H28F3NO6/c34-33(35,36)26-9-7-25(8-10-26)27(24-5-3-23(4-6-24)2-1-15-37-16-20-40-21-17-37)13-18-41-30-12-11-29(43-22-31(38)39)28-14-19-42-32(28)30/h3-14,19H,15-18,20-22H2,(H,38,39)/b27-13+. The van der Waals surface area contributed by atoms with Crippen molar-refractivity contribution >= 4 is 22.5 Å². The Morgan fingerprint density at radius 1 is 0.930 bits per heavy atom. The molecule has 1 aliphatic rings. The average Bonchev–Trinajstić information content (AvgIpc) is 3.50. The van der Waals surface area contributed by atoms with Crippen LogP contribution in [0.3, 0.4) is 0 Å². The molecule has 0 unspecified atom stereocenters. The van der Waals surface area contributed by atoms with Crippen LogP contribution in [0, 0.1) is 11.8 Å². The molecule has 7 nitrogen and oxygen atoms in total. The quantitative estimate of drug-likeness (QED) is 0.235. The van der Waals surface area contributed by atoms with Crippen LogP contribution in [0.2, 0.25) is 0 Å². The predicted octanol–water partition coefficient (Wildman–Crippen LogP) is 6.11. The van der Waals surface area contributed by atoms with Crippen molar-refractivity contribution in [2.75, 3.05) is 46.1 Å². The molecule has 43 heavy (non-hydrogen) atoms. The number of carboxylic acid groups (broad SMARTS) is 1. The maximum atomic E-state index is 13.2. The molecule has 1 N–H and O–H groups in total. The minimum Gasteiger partial charge on any atom is -0.486 e. The second-order valence-electron chi connectivity index (χ2n) is 9.68. The Hall–Kier alpha value is -4.72. The van der Waals surface area contributed by atoms with Crippen molar-refractivity contribution in [3.63, 3.8) is 0 Å². The van der Waals surface area contributed by atoms with E-state index in [1.165, 1.54) is 18.4 Å². The molecule has 0 atom stereocenters. The van der Waals surface area contributed by atoms with Gasteiger partial charge in [0, 0.05) is 18.7 Å². The number of alkyl halides is 3. The predicted molar refractivity (Wildman–Crippen MR) is 154 cm³/mol. The maximum absolute atomic E-state index is 13.2. The van der Waals surface area contributed by atoms with E-state index in [4.69, 9.17) is 23.7 Å². The number of rotatable bonds is 9. The first-order valence-electron chi connectivity index (χ1n) is 13.5. The number of hydrogen-bond acceptors (Lipinski definition) is 6. The number of halogens is 3. The number of morpholine rings is 1. The molecule has 1 aliphatic heterocycles. The smallest absolute Gasteiger partial charge is 0.416 e. The molecule has 4 aromatic rings. The van der Waals surface area contributed by atoms with Gasteiger partial charge in [-0.1, -0.05) is 36.1 Å². The van der Waals surface area contributed by atoms with Gasteiger partial charge in [-0.3, -0.25) is 4.90 Å². The number of nitrogens with zero attached hydrogens (tertiary/aromatic N) is 1. The number of benzene rings is 3. The lowest BCUT2D eigenvalue weighted by atomic mass is 9.96. The number of fused-ring (bicyclic) bond motifs is 1. The van der Waals surface area contributed by atoms with Crippen molar-refractivity contribution in [2.45, 2.75) is 6.18 Å². The summed E-state index contributed by atoms with van der Waals surface area (Å²) in [6.07, 6.45) is -1.22. The molecule has 1 aromatic heterocycles. The van der Waals surface area contributed by atoms with Gasteiger partial charge in [0.05, 0.1) is 37.0 Å². The molecular weight excluding hydrogens is 563 g/mol. The van der Waals surface area contributed by atoms with E-state index in [2.05, 4.69) is 16.7 Å². The third-order valence-corrected chi connectivity index (χ3v) is 6.78. The molecule has 0 spiro atoms. The van der Waals surface area contributed by atoms with Crippen LogP contribution in [-0.4, -0.2) is 62.0 Å². The number of carbonyl (C=O) groups is 1. The van der Waals surface area contributed by atoms with Crippen molar-refractivity contribution < 1.29 is 41.7 Å². The molecular formula is C33H28F3NO6. The summed E-state index contributed by atoms with van der Waals surface area (Å²) in [5, 5.41) is 9.47. The summed E-state index contributed by atoms with van der Waals surface area (Å²) in [4.78, 5) is 13.1. The molecule has 0 bridgehead atoms. The van der Waals surface area contributed by atoms with E-state index >= 15 is 0 Å². The highest BCUT2D eigenvalue weighted by Gasteiger charge is 2.30. The summed E-state index contributed by atoms with van der Waals surface area (Å²) >= 11 is 0. The van der Waals surface area contributed by atoms with Gasteiger partial charge in [0.25, 0.3) is 0 Å². The second-order valence-corrected chi connectivity index (χ2v) is 9.68. The van der Waals surface area contributed by atoms with Gasteiger partial charge in [-0.2, -0.15) is 13.2 Å². The molecule has 10 heteroatoms. The summed E-state index contributed by atoms with van der Waals surface area (Å²) in [7, 11) is 0. The Kier molecular flexibility index (Phi) is 9.35. The molecule has 0 amide bonds. The normalized spacial score (nSPS) is 14.3. The second kappa shape index (κ2) is 13.5. The molecule has 222 valence electrons. The SMILES string of the molecule is O=C(O)COc1ccc(OC/C=C(\c2ccc(C#CCN3CCOCC3)cc2)c2ccc(C(F)(F)F)cc2)c2occc12. The topological polar surface area (TPSA) is 81.4 Å². The van der Waals surface area contributed by atoms with Gasteiger partial charge in [0.15, 0.2) is 17.9 Å². The molecule has 1 fully saturated rings. The van der Waals surface area contributed by atoms with Crippen molar-refractivity contribution in [3.8, 4) is 23.3 Å². The first kappa shape index (κ1) is 29.8. The third-order valence-electron chi connectivity index (χ3n) is 6.78. The van der Waals surface area contributed by atoms with Gasteiger partial charge in [-0.25, -0.2) is 4.79 Å². The van der Waals surface area contributed by atoms with Crippen LogP contribution in [0.1, 0.15) is 22.3 Å². The van der Waals surface area contributed by atoms with Gasteiger partial charge in [-0.15, -0.1) is 0 Å². The summed E-state index contributed by atoms with van der Waals surface area (Å²) < 4.78 is 61.9. The highest BCUT2D eigenvalue weighted by atomic mass is 19.4. The van der Waals surface area contributed by atoms with Crippen LogP contribution in [-0.2, 0) is 15.7 Å². The number of aliphatic carboxylic acids is 1. The fourth-order valence-electron chi connectivity index (χ4n) is 4.59. The van der Waals surface area contributed by atoms with E-state index < -0.39 is 24.3 Å². The maximum Gasteiger partial charge on any atom is 0.416 e. The van der Waals surface area contributed by atoms with E-state index in [0.717, 1.165) is 36.3 Å². The van der Waals surface area contributed by atoms with E-state index in [1.54, 1.807) is 24.3 Å². The van der Waals surface area contributed by atoms with E-state index in [0.29, 0.717) is 53.4 Å². The van der Waals surface area contributed by atoms with Crippen molar-refractivity contribution in [1.29, 1.82) is 0 Å². The number of carboxylic acids is 1. The Morgan fingerprint density at radius 3 is 2.28 bits per heavy atom. The lowest BCUT2D eigenvalue weighted by Crippen LogP contribution is -2.36. The summed E-state index contributed by atoms with van der Waals surface area (Å²) in [5.41, 5.74) is 2.52. The van der Waals surface area contributed by atoms with Crippen LogP contribution in [0.25, 0.3) is 16.5 Å².